The van der Waals surface area contributed by atoms with Gasteiger partial charge in [0, 0.05) is 23.3 Å². The maximum Gasteiger partial charge on any atom is 0.220 e. The molecule has 35 heavy (non-hydrogen) atoms. The lowest BCUT2D eigenvalue weighted by molar-refractivity contribution is -0.232. The number of methoxy groups -OCH3 is 2. The lowest BCUT2D eigenvalue weighted by Crippen LogP contribution is -2.57. The van der Waals surface area contributed by atoms with Gasteiger partial charge in [-0.15, -0.1) is 0 Å². The Hall–Kier alpha value is -2.96. The quantitative estimate of drug-likeness (QED) is 0.521. The van der Waals surface area contributed by atoms with Crippen LogP contribution in [-0.4, -0.2) is 43.2 Å². The highest BCUT2D eigenvalue weighted by Crippen LogP contribution is 2.60. The lowest BCUT2D eigenvalue weighted by Gasteiger charge is -2.55. The molecule has 2 aromatic carbocycles. The molecule has 0 radical (unpaired) electrons. The molecule has 1 aliphatic heterocycles. The smallest absolute Gasteiger partial charge is 0.220 e. The van der Waals surface area contributed by atoms with E-state index in [2.05, 4.69) is 37.3 Å². The van der Waals surface area contributed by atoms with E-state index in [1.54, 1.807) is 14.2 Å². The Kier molecular flexibility index (Phi) is 5.53. The van der Waals surface area contributed by atoms with Crippen molar-refractivity contribution in [1.29, 1.82) is 0 Å². The molecule has 0 bridgehead atoms. The fourth-order valence-corrected chi connectivity index (χ4v) is 6.89. The highest BCUT2D eigenvalue weighted by atomic mass is 16.7. The van der Waals surface area contributed by atoms with Crippen LogP contribution in [0.5, 0.6) is 11.6 Å². The number of hydrogen-bond donors (Lipinski definition) is 0. The molecule has 182 valence electrons. The van der Waals surface area contributed by atoms with Crippen LogP contribution in [0.4, 0.5) is 0 Å². The van der Waals surface area contributed by atoms with Gasteiger partial charge in [0.2, 0.25) is 5.88 Å². The summed E-state index contributed by atoms with van der Waals surface area (Å²) in [4.78, 5) is 10.2. The van der Waals surface area contributed by atoms with Gasteiger partial charge in [-0.05, 0) is 42.9 Å². The molecule has 1 saturated carbocycles. The zero-order valence-corrected chi connectivity index (χ0v) is 20.6. The zero-order chi connectivity index (χ0) is 24.0. The van der Waals surface area contributed by atoms with Gasteiger partial charge in [-0.3, -0.25) is 0 Å². The molecule has 1 aromatic heterocycles. The van der Waals surface area contributed by atoms with Crippen molar-refractivity contribution in [2.24, 2.45) is 11.8 Å². The summed E-state index contributed by atoms with van der Waals surface area (Å²) in [7, 11) is 3.38. The second-order valence-electron chi connectivity index (χ2n) is 9.86. The number of nitrogens with zero attached hydrogens (tertiary/aromatic N) is 2. The summed E-state index contributed by atoms with van der Waals surface area (Å²) in [6, 6.07) is 18.8. The van der Waals surface area contributed by atoms with Gasteiger partial charge in [-0.2, -0.15) is 4.98 Å². The molecule has 6 rings (SSSR count). The van der Waals surface area contributed by atoms with E-state index in [0.717, 1.165) is 48.3 Å². The van der Waals surface area contributed by atoms with Crippen LogP contribution in [0, 0.1) is 11.8 Å². The summed E-state index contributed by atoms with van der Waals surface area (Å²) >= 11 is 0. The number of hydrogen-bond acceptors (Lipinski definition) is 6. The van der Waals surface area contributed by atoms with Crippen molar-refractivity contribution in [1.82, 2.24) is 9.97 Å². The van der Waals surface area contributed by atoms with Crippen LogP contribution in [0.1, 0.15) is 43.0 Å². The number of aromatic nitrogens is 2. The first-order valence-corrected chi connectivity index (χ1v) is 12.5. The predicted octanol–water partition coefficient (Wildman–Crippen LogP) is 5.18. The first kappa shape index (κ1) is 22.5. The zero-order valence-electron chi connectivity index (χ0n) is 20.6. The van der Waals surface area contributed by atoms with Gasteiger partial charge in [0.15, 0.2) is 11.6 Å². The molecule has 3 atom stereocenters. The molecule has 6 nitrogen and oxygen atoms in total. The van der Waals surface area contributed by atoms with Crippen molar-refractivity contribution in [2.75, 3.05) is 27.4 Å². The van der Waals surface area contributed by atoms with E-state index in [1.165, 1.54) is 5.56 Å². The summed E-state index contributed by atoms with van der Waals surface area (Å²) in [5.74, 6) is 2.08. The van der Waals surface area contributed by atoms with E-state index in [9.17, 15) is 0 Å². The van der Waals surface area contributed by atoms with Crippen molar-refractivity contribution < 1.29 is 18.9 Å². The topological polar surface area (TPSA) is 62.7 Å². The maximum absolute atomic E-state index is 6.28. The molecule has 1 saturated heterocycles. The molecule has 3 aromatic rings. The van der Waals surface area contributed by atoms with E-state index in [1.807, 2.05) is 24.3 Å². The Morgan fingerprint density at radius 1 is 0.886 bits per heavy atom. The van der Waals surface area contributed by atoms with E-state index in [-0.39, 0.29) is 11.3 Å². The Labute approximate surface area is 206 Å². The number of ether oxygens (including phenoxy) is 4. The molecule has 1 spiro atoms. The summed E-state index contributed by atoms with van der Waals surface area (Å²) in [6.07, 6.45) is 3.59. The third kappa shape index (κ3) is 3.30. The van der Waals surface area contributed by atoms with E-state index < -0.39 is 5.79 Å². The average Bonchev–Trinajstić information content (AvgIpc) is 3.40. The van der Waals surface area contributed by atoms with Crippen LogP contribution >= 0.6 is 0 Å². The molecule has 2 aliphatic carbocycles. The Morgan fingerprint density at radius 2 is 1.63 bits per heavy atom. The standard InChI is InChI=1S/C29H32N2O4/c1-19-23-14-13-22-25(30-26(31-27(22)33-3)21-11-7-8-12-24(21)32-2)28(23,20-9-5-4-6-10-20)15-16-29(19)34-17-18-35-29/h4-12,19,23H,13-18H2,1-3H3/t19-,23-,28+/m0/s1. The van der Waals surface area contributed by atoms with Gasteiger partial charge in [0.25, 0.3) is 0 Å². The van der Waals surface area contributed by atoms with Gasteiger partial charge in [0.05, 0.1) is 38.7 Å². The van der Waals surface area contributed by atoms with Crippen molar-refractivity contribution in [2.45, 2.75) is 43.8 Å². The minimum atomic E-state index is -0.497. The average molecular weight is 473 g/mol. The van der Waals surface area contributed by atoms with Crippen molar-refractivity contribution in [3.63, 3.8) is 0 Å². The van der Waals surface area contributed by atoms with Crippen LogP contribution in [-0.2, 0) is 21.3 Å². The monoisotopic (exact) mass is 472 g/mol. The van der Waals surface area contributed by atoms with Crippen LogP contribution in [0.25, 0.3) is 11.4 Å². The highest BCUT2D eigenvalue weighted by molar-refractivity contribution is 5.66. The van der Waals surface area contributed by atoms with Gasteiger partial charge < -0.3 is 18.9 Å². The Morgan fingerprint density at radius 3 is 2.37 bits per heavy atom. The second kappa shape index (κ2) is 8.61. The molecule has 2 fully saturated rings. The predicted molar refractivity (Wildman–Crippen MR) is 133 cm³/mol. The van der Waals surface area contributed by atoms with Gasteiger partial charge in [-0.25, -0.2) is 4.98 Å². The number of fused-ring (bicyclic) bond motifs is 3. The molecule has 0 N–H and O–H groups in total. The van der Waals surface area contributed by atoms with Gasteiger partial charge >= 0.3 is 0 Å². The maximum atomic E-state index is 6.28. The Bertz CT molecular complexity index is 1220. The lowest BCUT2D eigenvalue weighted by atomic mass is 9.51. The minimum Gasteiger partial charge on any atom is -0.496 e. The molecule has 2 heterocycles. The SMILES string of the molecule is COc1ccccc1-c1nc(OC)c2c(n1)[C@@]1(c3ccccc3)CCC3(OCCO3)[C@@H](C)[C@@H]1CC2. The largest absolute Gasteiger partial charge is 0.496 e. The molecule has 6 heteroatoms. The first-order valence-electron chi connectivity index (χ1n) is 12.5. The second-order valence-corrected chi connectivity index (χ2v) is 9.86. The van der Waals surface area contributed by atoms with E-state index in [4.69, 9.17) is 28.9 Å². The molecular formula is C29H32N2O4. The summed E-state index contributed by atoms with van der Waals surface area (Å²) < 4.78 is 24.1. The highest BCUT2D eigenvalue weighted by Gasteiger charge is 2.60. The fourth-order valence-electron chi connectivity index (χ4n) is 6.89. The van der Waals surface area contributed by atoms with Crippen LogP contribution in [0.15, 0.2) is 54.6 Å². The van der Waals surface area contributed by atoms with Crippen molar-refractivity contribution in [3.05, 3.63) is 71.4 Å². The molecule has 0 unspecified atom stereocenters. The minimum absolute atomic E-state index is 0.225. The summed E-state index contributed by atoms with van der Waals surface area (Å²) in [5, 5.41) is 0. The Balaban J connectivity index is 1.59. The molecule has 0 amide bonds. The third-order valence-corrected chi connectivity index (χ3v) is 8.50. The fraction of sp³-hybridized carbons (Fsp3) is 0.448. The summed E-state index contributed by atoms with van der Waals surface area (Å²) in [6.45, 7) is 3.64. The van der Waals surface area contributed by atoms with Crippen LogP contribution in [0.2, 0.25) is 0 Å². The first-order chi connectivity index (χ1) is 17.1. The number of para-hydroxylation sites is 1. The van der Waals surface area contributed by atoms with Crippen molar-refractivity contribution in [3.8, 4) is 23.0 Å². The van der Waals surface area contributed by atoms with Crippen LogP contribution in [0.3, 0.4) is 0 Å². The molecule has 3 aliphatic rings. The van der Waals surface area contributed by atoms with Gasteiger partial charge in [-0.1, -0.05) is 49.4 Å². The van der Waals surface area contributed by atoms with Crippen molar-refractivity contribution >= 4 is 0 Å². The van der Waals surface area contributed by atoms with Crippen LogP contribution < -0.4 is 9.47 Å². The third-order valence-electron chi connectivity index (χ3n) is 8.50. The van der Waals surface area contributed by atoms with Gasteiger partial charge in [0.1, 0.15) is 5.75 Å². The van der Waals surface area contributed by atoms with E-state index in [0.29, 0.717) is 30.8 Å². The summed E-state index contributed by atoms with van der Waals surface area (Å²) in [5.41, 5.74) is 4.07. The number of benzene rings is 2. The van der Waals surface area contributed by atoms with E-state index >= 15 is 0 Å². The normalized spacial score (nSPS) is 26.7. The number of rotatable bonds is 4. The molecular weight excluding hydrogens is 440 g/mol.